The van der Waals surface area contributed by atoms with E-state index in [9.17, 15) is 23.3 Å². The number of esters is 1. The van der Waals surface area contributed by atoms with Gasteiger partial charge in [0.15, 0.2) is 0 Å². The highest BCUT2D eigenvalue weighted by Gasteiger charge is 2.44. The Labute approximate surface area is 133 Å². The van der Waals surface area contributed by atoms with Gasteiger partial charge in [-0.05, 0) is 32.9 Å². The Morgan fingerprint density at radius 3 is 2.35 bits per heavy atom. The second kappa shape index (κ2) is 5.89. The second-order valence-electron chi connectivity index (χ2n) is 6.00. The summed E-state index contributed by atoms with van der Waals surface area (Å²) in [6.07, 6.45) is -0.549. The molecule has 1 saturated heterocycles. The van der Waals surface area contributed by atoms with Crippen LogP contribution in [0.15, 0.2) is 29.2 Å². The molecule has 0 spiro atoms. The molecule has 0 saturated carbocycles. The van der Waals surface area contributed by atoms with Crippen molar-refractivity contribution in [2.45, 2.75) is 43.8 Å². The number of hydrogen-bond acceptors (Lipinski definition) is 7. The fourth-order valence-corrected chi connectivity index (χ4v) is 3.53. The van der Waals surface area contributed by atoms with Gasteiger partial charge in [0.2, 0.25) is 0 Å². The molecule has 23 heavy (non-hydrogen) atoms. The minimum atomic E-state index is -4.13. The van der Waals surface area contributed by atoms with Crippen molar-refractivity contribution in [3.8, 4) is 0 Å². The average Bonchev–Trinajstić information content (AvgIpc) is 2.71. The number of nitrogens with zero attached hydrogens (tertiary/aromatic N) is 1. The molecule has 2 unspecified atom stereocenters. The number of non-ortho nitro benzene ring substituents is 1. The Balaban J connectivity index is 2.14. The van der Waals surface area contributed by atoms with Gasteiger partial charge in [0.1, 0.15) is 5.60 Å². The number of cyclic esters (lactones) is 1. The van der Waals surface area contributed by atoms with Crippen molar-refractivity contribution >= 4 is 21.8 Å². The van der Waals surface area contributed by atoms with Crippen LogP contribution in [0.25, 0.3) is 0 Å². The quantitative estimate of drug-likeness (QED) is 0.348. The van der Waals surface area contributed by atoms with Crippen molar-refractivity contribution in [1.82, 2.24) is 0 Å². The molecule has 8 nitrogen and oxygen atoms in total. The monoisotopic (exact) mass is 343 g/mol. The van der Waals surface area contributed by atoms with E-state index >= 15 is 0 Å². The summed E-state index contributed by atoms with van der Waals surface area (Å²) in [6.45, 7) is 4.96. The van der Waals surface area contributed by atoms with E-state index in [4.69, 9.17) is 8.92 Å². The van der Waals surface area contributed by atoms with Gasteiger partial charge in [-0.15, -0.1) is 0 Å². The molecule has 2 rings (SSSR count). The van der Waals surface area contributed by atoms with E-state index in [0.29, 0.717) is 6.42 Å². The highest BCUT2D eigenvalue weighted by molar-refractivity contribution is 7.86. The number of carbonyl (C=O) groups is 1. The summed E-state index contributed by atoms with van der Waals surface area (Å²) in [6, 6.07) is 4.34. The summed E-state index contributed by atoms with van der Waals surface area (Å²) in [7, 11) is -4.13. The SMILES string of the molecule is CC(OS(=O)(=O)c1ccc([N+](=O)[O-])cc1)C1CC(C)(C)OC1=O. The molecule has 1 heterocycles. The first-order valence-electron chi connectivity index (χ1n) is 6.92. The number of rotatable bonds is 5. The molecule has 0 N–H and O–H groups in total. The Hall–Kier alpha value is -2.00. The van der Waals surface area contributed by atoms with Gasteiger partial charge in [-0.3, -0.25) is 19.1 Å². The van der Waals surface area contributed by atoms with Gasteiger partial charge in [0.25, 0.3) is 15.8 Å². The van der Waals surface area contributed by atoms with E-state index in [2.05, 4.69) is 0 Å². The highest BCUT2D eigenvalue weighted by atomic mass is 32.2. The van der Waals surface area contributed by atoms with Crippen molar-refractivity contribution in [2.75, 3.05) is 0 Å². The van der Waals surface area contributed by atoms with Gasteiger partial charge in [0.05, 0.1) is 21.8 Å². The zero-order valence-corrected chi connectivity index (χ0v) is 13.7. The van der Waals surface area contributed by atoms with Crippen LogP contribution in [0.3, 0.4) is 0 Å². The molecule has 0 aromatic heterocycles. The predicted molar refractivity (Wildman–Crippen MR) is 79.1 cm³/mol. The fraction of sp³-hybridized carbons (Fsp3) is 0.500. The number of hydrogen-bond donors (Lipinski definition) is 0. The van der Waals surface area contributed by atoms with Gasteiger partial charge in [-0.2, -0.15) is 8.42 Å². The van der Waals surface area contributed by atoms with E-state index in [1.807, 2.05) is 0 Å². The van der Waals surface area contributed by atoms with Crippen molar-refractivity contribution in [3.63, 3.8) is 0 Å². The number of benzene rings is 1. The first kappa shape index (κ1) is 17.4. The lowest BCUT2D eigenvalue weighted by Crippen LogP contribution is -2.27. The van der Waals surface area contributed by atoms with Crippen LogP contribution in [-0.2, 0) is 23.8 Å². The minimum Gasteiger partial charge on any atom is -0.459 e. The van der Waals surface area contributed by atoms with E-state index < -0.39 is 38.6 Å². The highest BCUT2D eigenvalue weighted by Crippen LogP contribution is 2.34. The van der Waals surface area contributed by atoms with Crippen LogP contribution in [0.1, 0.15) is 27.2 Å². The van der Waals surface area contributed by atoms with Gasteiger partial charge < -0.3 is 4.74 Å². The molecule has 1 aliphatic heterocycles. The molecule has 0 aliphatic carbocycles. The molecule has 1 aromatic rings. The first-order chi connectivity index (χ1) is 10.5. The van der Waals surface area contributed by atoms with Crippen molar-refractivity contribution in [2.24, 2.45) is 5.92 Å². The summed E-state index contributed by atoms with van der Waals surface area (Å²) in [5, 5.41) is 10.6. The molecule has 2 atom stereocenters. The molecular formula is C14H17NO7S. The lowest BCUT2D eigenvalue weighted by Gasteiger charge is -2.17. The minimum absolute atomic E-state index is 0.208. The van der Waals surface area contributed by atoms with Gasteiger partial charge in [-0.1, -0.05) is 0 Å². The van der Waals surface area contributed by atoms with Crippen LogP contribution in [-0.4, -0.2) is 31.0 Å². The maximum Gasteiger partial charge on any atom is 0.312 e. The summed E-state index contributed by atoms with van der Waals surface area (Å²) < 4.78 is 34.6. The summed E-state index contributed by atoms with van der Waals surface area (Å²) in [5.41, 5.74) is -0.880. The average molecular weight is 343 g/mol. The van der Waals surface area contributed by atoms with E-state index in [-0.39, 0.29) is 10.6 Å². The largest absolute Gasteiger partial charge is 0.459 e. The molecule has 0 amide bonds. The Morgan fingerprint density at radius 1 is 1.35 bits per heavy atom. The molecule has 1 fully saturated rings. The summed E-state index contributed by atoms with van der Waals surface area (Å²) in [5.74, 6) is -1.18. The van der Waals surface area contributed by atoms with Gasteiger partial charge in [-0.25, -0.2) is 0 Å². The lowest BCUT2D eigenvalue weighted by atomic mass is 9.94. The second-order valence-corrected chi connectivity index (χ2v) is 7.57. The number of carbonyl (C=O) groups excluding carboxylic acids is 1. The fourth-order valence-electron chi connectivity index (χ4n) is 2.42. The van der Waals surface area contributed by atoms with E-state index in [1.165, 1.54) is 6.92 Å². The normalized spacial score (nSPS) is 21.7. The standard InChI is InChI=1S/C14H17NO7S/c1-9(12-8-14(2,3)21-13(12)16)22-23(19,20)11-6-4-10(5-7-11)15(17)18/h4-7,9,12H,8H2,1-3H3. The topological polar surface area (TPSA) is 113 Å². The molecule has 126 valence electrons. The van der Waals surface area contributed by atoms with Gasteiger partial charge in [0, 0.05) is 18.6 Å². The molecule has 1 aromatic carbocycles. The van der Waals surface area contributed by atoms with Crippen LogP contribution >= 0.6 is 0 Å². The number of nitro groups is 1. The van der Waals surface area contributed by atoms with Crippen LogP contribution < -0.4 is 0 Å². The lowest BCUT2D eigenvalue weighted by molar-refractivity contribution is -0.384. The smallest absolute Gasteiger partial charge is 0.312 e. The summed E-state index contributed by atoms with van der Waals surface area (Å²) >= 11 is 0. The Morgan fingerprint density at radius 2 is 1.91 bits per heavy atom. The third-order valence-corrected chi connectivity index (χ3v) is 4.98. The third kappa shape index (κ3) is 3.85. The molecule has 0 radical (unpaired) electrons. The Bertz CT molecular complexity index is 724. The van der Waals surface area contributed by atoms with Crippen LogP contribution in [0.5, 0.6) is 0 Å². The Kier molecular flexibility index (Phi) is 4.45. The summed E-state index contributed by atoms with van der Waals surface area (Å²) in [4.78, 5) is 21.5. The van der Waals surface area contributed by atoms with E-state index in [1.54, 1.807) is 13.8 Å². The number of nitro benzene ring substituents is 1. The van der Waals surface area contributed by atoms with Crippen molar-refractivity contribution < 1.29 is 27.1 Å². The maximum atomic E-state index is 12.2. The molecular weight excluding hydrogens is 326 g/mol. The zero-order chi connectivity index (χ0) is 17.4. The predicted octanol–water partition coefficient (Wildman–Crippen LogP) is 2.03. The third-order valence-electron chi connectivity index (χ3n) is 3.57. The van der Waals surface area contributed by atoms with Crippen LogP contribution in [0.4, 0.5) is 5.69 Å². The molecule has 9 heteroatoms. The first-order valence-corrected chi connectivity index (χ1v) is 8.33. The van der Waals surface area contributed by atoms with Crippen LogP contribution in [0.2, 0.25) is 0 Å². The maximum absolute atomic E-state index is 12.2. The van der Waals surface area contributed by atoms with Crippen molar-refractivity contribution in [3.05, 3.63) is 34.4 Å². The van der Waals surface area contributed by atoms with Crippen LogP contribution in [0, 0.1) is 16.0 Å². The molecule has 0 bridgehead atoms. The number of ether oxygens (including phenoxy) is 1. The van der Waals surface area contributed by atoms with E-state index in [0.717, 1.165) is 24.3 Å². The van der Waals surface area contributed by atoms with Gasteiger partial charge >= 0.3 is 5.97 Å². The van der Waals surface area contributed by atoms with Crippen molar-refractivity contribution in [1.29, 1.82) is 0 Å². The zero-order valence-electron chi connectivity index (χ0n) is 12.9. The molecule has 1 aliphatic rings.